The molecule has 370 valence electrons. The second-order valence-electron chi connectivity index (χ2n) is 14.5. The Balaban J connectivity index is 2.95. The Morgan fingerprint density at radius 1 is 0.672 bits per heavy atom. The highest BCUT2D eigenvalue weighted by Gasteiger charge is 2.32. The van der Waals surface area contributed by atoms with Crippen molar-refractivity contribution in [3.8, 4) is 0 Å². The minimum atomic E-state index is -1.74. The molecule has 0 aliphatic rings. The third-order valence-corrected chi connectivity index (χ3v) is 11.5. The monoisotopic (exact) mass is 987 g/mol. The fraction of sp³-hybridized carbons (Fsp3) is 0.525. The van der Waals surface area contributed by atoms with Crippen molar-refractivity contribution in [1.82, 2.24) is 26.6 Å². The minimum absolute atomic E-state index is 0.0648. The van der Waals surface area contributed by atoms with Crippen LogP contribution < -0.4 is 26.6 Å². The molecule has 5 amide bonds. The Hall–Kier alpha value is -6.77. The van der Waals surface area contributed by atoms with E-state index in [0.717, 1.165) is 21.6 Å². The molecule has 0 fully saturated rings. The summed E-state index contributed by atoms with van der Waals surface area (Å²) in [7, 11) is 2.23. The van der Waals surface area contributed by atoms with Gasteiger partial charge in [0.2, 0.25) is 11.8 Å². The summed E-state index contributed by atoms with van der Waals surface area (Å²) in [5, 5.41) is 58.4. The summed E-state index contributed by atoms with van der Waals surface area (Å²) in [6, 6.07) is 2.18. The highest BCUT2D eigenvalue weighted by Crippen LogP contribution is 2.26. The van der Waals surface area contributed by atoms with Gasteiger partial charge in [-0.05, 0) is 31.7 Å². The number of urea groups is 1. The lowest BCUT2D eigenvalue weighted by molar-refractivity contribution is -0.144. The number of rotatable bonds is 36. The van der Waals surface area contributed by atoms with Crippen LogP contribution in [-0.4, -0.2) is 152 Å². The Labute approximate surface area is 390 Å². The van der Waals surface area contributed by atoms with E-state index in [1.807, 2.05) is 5.32 Å². The van der Waals surface area contributed by atoms with Crippen LogP contribution in [0.15, 0.2) is 30.3 Å². The molecule has 0 spiro atoms. The summed E-state index contributed by atoms with van der Waals surface area (Å²) in [6.07, 6.45) is -7.92. The summed E-state index contributed by atoms with van der Waals surface area (Å²) in [6.45, 7) is 0.930. The number of alkyl carbamates (subject to hydrolysis) is 1. The average Bonchev–Trinajstić information content (AvgIpc) is 3.24. The molecule has 27 heteroatoms. The normalized spacial score (nSPS) is 13.3. The van der Waals surface area contributed by atoms with Gasteiger partial charge in [-0.3, -0.25) is 43.2 Å². The molecule has 0 aliphatic carbocycles. The van der Waals surface area contributed by atoms with Crippen LogP contribution in [0.1, 0.15) is 70.3 Å². The third kappa shape index (κ3) is 26.7. The van der Waals surface area contributed by atoms with Crippen LogP contribution >= 0.6 is 21.6 Å². The maximum atomic E-state index is 13.6. The van der Waals surface area contributed by atoms with Gasteiger partial charge in [0.1, 0.15) is 30.3 Å². The largest absolute Gasteiger partial charge is 0.481 e. The van der Waals surface area contributed by atoms with Gasteiger partial charge in [0, 0.05) is 43.6 Å². The molecule has 6 atom stereocenters. The molecule has 0 saturated heterocycles. The Morgan fingerprint density at radius 3 is 1.90 bits per heavy atom. The lowest BCUT2D eigenvalue weighted by Gasteiger charge is -2.23. The maximum Gasteiger partial charge on any atom is 0.407 e. The van der Waals surface area contributed by atoms with Crippen molar-refractivity contribution < 1.29 is 97.3 Å². The SMILES string of the molecule is CC(=O)CNC(=O)OCCSSC[C@@H](CC(=O)[C@@H](Cc1ccccc1)NC(=O)[C@H](CC(=O)O)CC(=O)CC[C@H](NC(=O)CC[C@H](NC(=O)N[C@@H](CCC(=O)O)OC=O)C(=O)O)C(=O)O)C(=O)O. The molecule has 1 aromatic carbocycles. The number of carboxylic acids is 5. The first-order valence-corrected chi connectivity index (χ1v) is 22.7. The van der Waals surface area contributed by atoms with Gasteiger partial charge >= 0.3 is 42.0 Å². The number of aliphatic carboxylic acids is 5. The van der Waals surface area contributed by atoms with E-state index in [1.54, 1.807) is 30.3 Å². The van der Waals surface area contributed by atoms with E-state index in [1.165, 1.54) is 6.92 Å². The zero-order valence-electron chi connectivity index (χ0n) is 36.0. The lowest BCUT2D eigenvalue weighted by Crippen LogP contribution is -2.50. The van der Waals surface area contributed by atoms with Crippen molar-refractivity contribution in [2.45, 2.75) is 95.5 Å². The molecule has 10 N–H and O–H groups in total. The van der Waals surface area contributed by atoms with Gasteiger partial charge in [-0.1, -0.05) is 51.9 Å². The molecule has 0 heterocycles. The zero-order valence-corrected chi connectivity index (χ0v) is 37.6. The fourth-order valence-corrected chi connectivity index (χ4v) is 7.77. The van der Waals surface area contributed by atoms with Crippen LogP contribution in [0.2, 0.25) is 0 Å². The third-order valence-electron chi connectivity index (χ3n) is 9.03. The molecule has 25 nitrogen and oxygen atoms in total. The second kappa shape index (κ2) is 32.0. The highest BCUT2D eigenvalue weighted by molar-refractivity contribution is 8.76. The first kappa shape index (κ1) is 58.2. The molecule has 0 unspecified atom stereocenters. The molecule has 67 heavy (non-hydrogen) atoms. The van der Waals surface area contributed by atoms with E-state index in [-0.39, 0.29) is 49.8 Å². The molecule has 1 aromatic rings. The average molecular weight is 988 g/mol. The first-order chi connectivity index (χ1) is 31.6. The molecule has 0 aromatic heterocycles. The number of carboxylic acid groups (broad SMARTS) is 5. The molecular formula is C40H53N5O20S2. The van der Waals surface area contributed by atoms with Crippen molar-refractivity contribution in [3.05, 3.63) is 35.9 Å². The topological polar surface area (TPSA) is 402 Å². The van der Waals surface area contributed by atoms with Gasteiger partial charge in [0.05, 0.1) is 37.3 Å². The van der Waals surface area contributed by atoms with Crippen LogP contribution in [-0.2, 0) is 68.6 Å². The smallest absolute Gasteiger partial charge is 0.407 e. The second-order valence-corrected chi connectivity index (χ2v) is 17.1. The van der Waals surface area contributed by atoms with Gasteiger partial charge in [-0.15, -0.1) is 0 Å². The number of benzene rings is 1. The number of nitrogens with one attached hydrogen (secondary N) is 5. The van der Waals surface area contributed by atoms with Crippen molar-refractivity contribution in [2.75, 3.05) is 24.7 Å². The number of carbonyl (C=O) groups is 13. The van der Waals surface area contributed by atoms with E-state index >= 15 is 0 Å². The van der Waals surface area contributed by atoms with E-state index in [4.69, 9.17) is 9.84 Å². The summed E-state index contributed by atoms with van der Waals surface area (Å²) < 4.78 is 9.47. The van der Waals surface area contributed by atoms with E-state index in [9.17, 15) is 82.8 Å². The Morgan fingerprint density at radius 2 is 1.31 bits per heavy atom. The number of carbonyl (C=O) groups excluding carboxylic acids is 8. The van der Waals surface area contributed by atoms with Gasteiger partial charge in [0.25, 0.3) is 6.47 Å². The Bertz CT molecular complexity index is 1920. The van der Waals surface area contributed by atoms with Crippen molar-refractivity contribution in [2.24, 2.45) is 11.8 Å². The van der Waals surface area contributed by atoms with Crippen LogP contribution in [0.4, 0.5) is 9.59 Å². The van der Waals surface area contributed by atoms with Gasteiger partial charge in [0.15, 0.2) is 12.0 Å². The quantitative estimate of drug-likeness (QED) is 0.0188. The van der Waals surface area contributed by atoms with Crippen molar-refractivity contribution in [1.29, 1.82) is 0 Å². The predicted molar refractivity (Wildman–Crippen MR) is 232 cm³/mol. The lowest BCUT2D eigenvalue weighted by atomic mass is 9.92. The summed E-state index contributed by atoms with van der Waals surface area (Å²) in [4.78, 5) is 157. The maximum absolute atomic E-state index is 13.6. The minimum Gasteiger partial charge on any atom is -0.481 e. The summed E-state index contributed by atoms with van der Waals surface area (Å²) >= 11 is 0. The first-order valence-electron chi connectivity index (χ1n) is 20.2. The molecule has 0 bridgehead atoms. The van der Waals surface area contributed by atoms with Gasteiger partial charge in [-0.2, -0.15) is 0 Å². The predicted octanol–water partition coefficient (Wildman–Crippen LogP) is 0.367. The van der Waals surface area contributed by atoms with Crippen molar-refractivity contribution >= 4 is 99.2 Å². The molecule has 0 saturated carbocycles. The van der Waals surface area contributed by atoms with Gasteiger partial charge < -0.3 is 61.6 Å². The molecule has 0 radical (unpaired) electrons. The number of ketones is 3. The van der Waals surface area contributed by atoms with Crippen LogP contribution in [0.25, 0.3) is 0 Å². The number of hydrogen-bond acceptors (Lipinski definition) is 17. The van der Waals surface area contributed by atoms with Crippen LogP contribution in [0, 0.1) is 11.8 Å². The highest BCUT2D eigenvalue weighted by atomic mass is 33.1. The number of amides is 5. The molecule has 0 aliphatic heterocycles. The zero-order chi connectivity index (χ0) is 50.5. The molecular weight excluding hydrogens is 935 g/mol. The van der Waals surface area contributed by atoms with Gasteiger partial charge in [-0.25, -0.2) is 19.2 Å². The van der Waals surface area contributed by atoms with Crippen LogP contribution in [0.3, 0.4) is 0 Å². The molecule has 1 rings (SSSR count). The fourth-order valence-electron chi connectivity index (χ4n) is 5.64. The van der Waals surface area contributed by atoms with Crippen LogP contribution in [0.5, 0.6) is 0 Å². The van der Waals surface area contributed by atoms with E-state index in [0.29, 0.717) is 5.56 Å². The van der Waals surface area contributed by atoms with E-state index in [2.05, 4.69) is 26.0 Å². The summed E-state index contributed by atoms with van der Waals surface area (Å²) in [5.41, 5.74) is 0.544. The Kier molecular flexibility index (Phi) is 27.8. The van der Waals surface area contributed by atoms with Crippen molar-refractivity contribution in [3.63, 3.8) is 0 Å². The standard InChI is InChI=1S/C40H53N5O20S2/c1-22(47)19-41-40(63)64-13-14-66-67-20-25(36(56)57)17-30(49)29(15-23-5-3-2-4-6-23)43-35(55)24(18-34(53)54)16-26(48)7-8-27(37(58)59)42-31(50)10-9-28(38(60)61)44-39(62)45-32(65-21-46)11-12-33(51)52/h2-6,21,24-25,27-29,32H,7-20H2,1H3,(H,41,63)(H,42,50)(H,43,55)(H,51,52)(H,53,54)(H,56,57)(H,58,59)(H,60,61)(H2,44,45,62)/t24-,25+,27-,28-,29+,32+/m0/s1. The number of Topliss-reactive ketones (excluding diaryl/α,β-unsaturated/α-hetero) is 3. The number of hydrogen-bond donors (Lipinski definition) is 10. The number of ether oxygens (including phenoxy) is 2. The summed E-state index contributed by atoms with van der Waals surface area (Å²) in [5.74, 6) is -13.9. The van der Waals surface area contributed by atoms with E-state index < -0.39 is 153 Å².